The van der Waals surface area contributed by atoms with Gasteiger partial charge in [-0.3, -0.25) is 5.84 Å². The fraction of sp³-hybridized carbons (Fsp3) is 0. The van der Waals surface area contributed by atoms with Crippen molar-refractivity contribution in [1.29, 1.82) is 0 Å². The molecular weight excluding hydrogens is 179 g/mol. The summed E-state index contributed by atoms with van der Waals surface area (Å²) < 4.78 is 0. The normalized spacial score (nSPS) is 8.75. The number of para-hydroxylation sites is 1. The molecule has 0 aliphatic rings. The van der Waals surface area contributed by atoms with E-state index < -0.39 is 8.60 Å². The van der Waals surface area contributed by atoms with Crippen LogP contribution in [0.15, 0.2) is 30.3 Å². The Bertz CT molecular complexity index is 192. The molecule has 0 unspecified atom stereocenters. The Kier molecular flexibility index (Phi) is 6.55. The van der Waals surface area contributed by atoms with Gasteiger partial charge in [-0.2, -0.15) is 0 Å². The van der Waals surface area contributed by atoms with Crippen LogP contribution in [-0.4, -0.2) is 14.7 Å². The maximum Gasteiger partial charge on any atom is 0.324 e. The second-order valence-electron chi connectivity index (χ2n) is 1.78. The van der Waals surface area contributed by atoms with Crippen LogP contribution >= 0.6 is 8.60 Å². The van der Waals surface area contributed by atoms with Crippen molar-refractivity contribution in [3.63, 3.8) is 0 Å². The maximum absolute atomic E-state index is 7.23. The lowest BCUT2D eigenvalue weighted by Crippen LogP contribution is -2.05. The molecule has 1 rings (SSSR count). The number of rotatable bonds is 1. The Labute approximate surface area is 71.4 Å². The van der Waals surface area contributed by atoms with Crippen LogP contribution in [0.2, 0.25) is 0 Å². The second kappa shape index (κ2) is 6.97. The van der Waals surface area contributed by atoms with Gasteiger partial charge in [-0.25, -0.2) is 0 Å². The van der Waals surface area contributed by atoms with Crippen LogP contribution in [0.25, 0.3) is 0 Å². The predicted octanol–water partition coefficient (Wildman–Crippen LogP) is 0.162. The second-order valence-corrected chi connectivity index (χ2v) is 2.32. The Morgan fingerprint density at radius 2 is 1.50 bits per heavy atom. The van der Waals surface area contributed by atoms with Gasteiger partial charge < -0.3 is 20.1 Å². The van der Waals surface area contributed by atoms with Crippen LogP contribution in [0.5, 0.6) is 0 Å². The summed E-state index contributed by atoms with van der Waals surface area (Å²) in [5.41, 5.74) is 3.46. The minimum atomic E-state index is -2.62. The highest BCUT2D eigenvalue weighted by molar-refractivity contribution is 7.38. The van der Waals surface area contributed by atoms with E-state index in [0.717, 1.165) is 5.69 Å². The van der Waals surface area contributed by atoms with Crippen molar-refractivity contribution < 1.29 is 14.7 Å². The highest BCUT2D eigenvalue weighted by Crippen LogP contribution is 2.11. The van der Waals surface area contributed by atoms with Crippen LogP contribution < -0.4 is 11.3 Å². The third-order valence-corrected chi connectivity index (χ3v) is 0.940. The standard InChI is InChI=1S/C6H8N2.H3O3P/c7-8-6-4-2-1-3-5-6;1-4(2)3/h1-5,8H,7H2;1-3H. The van der Waals surface area contributed by atoms with E-state index in [1.165, 1.54) is 0 Å². The van der Waals surface area contributed by atoms with Gasteiger partial charge in [-0.05, 0) is 12.1 Å². The summed E-state index contributed by atoms with van der Waals surface area (Å²) in [4.78, 5) is 21.7. The molecule has 0 radical (unpaired) electrons. The van der Waals surface area contributed by atoms with Crippen LogP contribution in [0.1, 0.15) is 0 Å². The third-order valence-electron chi connectivity index (χ3n) is 0.940. The molecule has 5 nitrogen and oxygen atoms in total. The van der Waals surface area contributed by atoms with Gasteiger partial charge in [-0.15, -0.1) is 0 Å². The molecule has 0 aromatic heterocycles. The van der Waals surface area contributed by atoms with Gasteiger partial charge in [-0.1, -0.05) is 18.2 Å². The SMILES string of the molecule is NNc1ccccc1.OP(O)O. The van der Waals surface area contributed by atoms with E-state index in [2.05, 4.69) is 5.43 Å². The molecule has 0 aliphatic carbocycles. The van der Waals surface area contributed by atoms with Crippen LogP contribution in [0.4, 0.5) is 5.69 Å². The first-order chi connectivity index (χ1) is 5.66. The molecule has 0 saturated heterocycles. The molecule has 12 heavy (non-hydrogen) atoms. The zero-order chi connectivity index (χ0) is 9.40. The number of hydrogen-bond acceptors (Lipinski definition) is 5. The van der Waals surface area contributed by atoms with E-state index in [0.29, 0.717) is 0 Å². The molecular formula is C6H11N2O3P. The van der Waals surface area contributed by atoms with Gasteiger partial charge >= 0.3 is 8.60 Å². The summed E-state index contributed by atoms with van der Waals surface area (Å²) in [5.74, 6) is 5.10. The molecule has 0 amide bonds. The summed E-state index contributed by atoms with van der Waals surface area (Å²) in [5, 5.41) is 0. The average molecular weight is 190 g/mol. The van der Waals surface area contributed by atoms with Crippen molar-refractivity contribution in [3.8, 4) is 0 Å². The fourth-order valence-corrected chi connectivity index (χ4v) is 0.534. The summed E-state index contributed by atoms with van der Waals surface area (Å²) >= 11 is 0. The largest absolute Gasteiger partial charge is 0.328 e. The quantitative estimate of drug-likeness (QED) is 0.247. The number of nitrogen functional groups attached to an aromatic ring is 1. The van der Waals surface area contributed by atoms with Gasteiger partial charge in [0.05, 0.1) is 0 Å². The molecule has 0 saturated carbocycles. The van der Waals surface area contributed by atoms with E-state index in [1.807, 2.05) is 30.3 Å². The minimum absolute atomic E-state index is 0.938. The third kappa shape index (κ3) is 7.40. The molecule has 0 atom stereocenters. The first kappa shape index (κ1) is 11.3. The lowest BCUT2D eigenvalue weighted by molar-refractivity contribution is 0.368. The number of hydrazine groups is 1. The van der Waals surface area contributed by atoms with Crippen molar-refractivity contribution in [1.82, 2.24) is 0 Å². The summed E-state index contributed by atoms with van der Waals surface area (Å²) in [6, 6.07) is 9.60. The number of hydrogen-bond donors (Lipinski definition) is 5. The number of anilines is 1. The Morgan fingerprint density at radius 3 is 1.75 bits per heavy atom. The molecule has 0 heterocycles. The first-order valence-corrected chi connectivity index (χ1v) is 4.25. The zero-order valence-corrected chi connectivity index (χ0v) is 7.15. The molecule has 0 spiro atoms. The van der Waals surface area contributed by atoms with Crippen molar-refractivity contribution in [3.05, 3.63) is 30.3 Å². The first-order valence-electron chi connectivity index (χ1n) is 3.05. The van der Waals surface area contributed by atoms with Crippen molar-refractivity contribution in [2.45, 2.75) is 0 Å². The summed E-state index contributed by atoms with van der Waals surface area (Å²) in [7, 11) is -2.62. The molecule has 68 valence electrons. The van der Waals surface area contributed by atoms with Crippen molar-refractivity contribution >= 4 is 14.3 Å². The number of nitrogens with one attached hydrogen (secondary N) is 1. The van der Waals surface area contributed by atoms with Crippen molar-refractivity contribution in [2.24, 2.45) is 5.84 Å². The van der Waals surface area contributed by atoms with Crippen LogP contribution in [-0.2, 0) is 0 Å². The van der Waals surface area contributed by atoms with Gasteiger partial charge in [0.25, 0.3) is 0 Å². The van der Waals surface area contributed by atoms with E-state index in [4.69, 9.17) is 20.5 Å². The van der Waals surface area contributed by atoms with E-state index in [1.54, 1.807) is 0 Å². The molecule has 1 aromatic rings. The van der Waals surface area contributed by atoms with E-state index >= 15 is 0 Å². The minimum Gasteiger partial charge on any atom is -0.328 e. The molecule has 1 aromatic carbocycles. The van der Waals surface area contributed by atoms with Crippen molar-refractivity contribution in [2.75, 3.05) is 5.43 Å². The van der Waals surface area contributed by atoms with E-state index in [9.17, 15) is 0 Å². The summed E-state index contributed by atoms with van der Waals surface area (Å²) in [6.45, 7) is 0. The van der Waals surface area contributed by atoms with Crippen LogP contribution in [0.3, 0.4) is 0 Å². The van der Waals surface area contributed by atoms with E-state index in [-0.39, 0.29) is 0 Å². The molecule has 6 heteroatoms. The highest BCUT2D eigenvalue weighted by atomic mass is 31.2. The number of benzene rings is 1. The molecule has 0 bridgehead atoms. The summed E-state index contributed by atoms with van der Waals surface area (Å²) in [6.07, 6.45) is 0. The molecule has 0 fully saturated rings. The molecule has 0 aliphatic heterocycles. The lowest BCUT2D eigenvalue weighted by atomic mass is 10.3. The fourth-order valence-electron chi connectivity index (χ4n) is 0.534. The zero-order valence-electron chi connectivity index (χ0n) is 6.25. The van der Waals surface area contributed by atoms with Gasteiger partial charge in [0.1, 0.15) is 0 Å². The maximum atomic E-state index is 7.23. The average Bonchev–Trinajstić information content (AvgIpc) is 2.05. The molecule has 6 N–H and O–H groups in total. The van der Waals surface area contributed by atoms with Gasteiger partial charge in [0.2, 0.25) is 0 Å². The smallest absolute Gasteiger partial charge is 0.324 e. The van der Waals surface area contributed by atoms with Crippen LogP contribution in [0, 0.1) is 0 Å². The Morgan fingerprint density at radius 1 is 1.08 bits per heavy atom. The highest BCUT2D eigenvalue weighted by Gasteiger charge is 1.78. The number of nitrogens with two attached hydrogens (primary N) is 1. The van der Waals surface area contributed by atoms with Gasteiger partial charge in [0.15, 0.2) is 0 Å². The lowest BCUT2D eigenvalue weighted by Gasteiger charge is -1.94. The Balaban J connectivity index is 0.000000261. The Hall–Kier alpha value is -0.710. The van der Waals surface area contributed by atoms with Gasteiger partial charge in [0, 0.05) is 5.69 Å². The topological polar surface area (TPSA) is 98.7 Å². The monoisotopic (exact) mass is 190 g/mol. The predicted molar refractivity (Wildman–Crippen MR) is 47.8 cm³/mol.